The summed E-state index contributed by atoms with van der Waals surface area (Å²) in [5.74, 6) is 0.151. The standard InChI is InChI=1S/C31H45F3N6O4S/c1-5-40(45(4,42)43)27-12-7-6-9-21(27)10-8-11-25-24(31(32,33)34)20-35-30(37-25)38-26-14-13-22(19-28(26)44-3)29(41)36-23-15-17-39(2)18-16-23/h13-14,19-21,23,27H,5-12,15-18H2,1-4H3,(H,36,41)(H,35,37,38). The molecule has 1 aliphatic carbocycles. The minimum Gasteiger partial charge on any atom is -0.495 e. The molecule has 4 rings (SSSR count). The average molecular weight is 655 g/mol. The van der Waals surface area contributed by atoms with Gasteiger partial charge in [-0.25, -0.2) is 18.4 Å². The summed E-state index contributed by atoms with van der Waals surface area (Å²) in [7, 11) is 0.108. The normalized spacial score (nSPS) is 20.3. The molecule has 14 heteroatoms. The number of likely N-dealkylation sites (tertiary alicyclic amines) is 1. The molecule has 2 unspecified atom stereocenters. The van der Waals surface area contributed by atoms with Gasteiger partial charge in [0.2, 0.25) is 16.0 Å². The van der Waals surface area contributed by atoms with E-state index in [1.807, 2.05) is 14.0 Å². The topological polar surface area (TPSA) is 117 Å². The zero-order valence-corrected chi connectivity index (χ0v) is 27.3. The number of alkyl halides is 3. The van der Waals surface area contributed by atoms with Crippen LogP contribution in [0, 0.1) is 5.92 Å². The number of benzene rings is 1. The Morgan fingerprint density at radius 2 is 1.87 bits per heavy atom. The molecule has 2 aliphatic rings. The zero-order chi connectivity index (χ0) is 32.8. The maximum Gasteiger partial charge on any atom is 0.419 e. The molecule has 2 aromatic rings. The van der Waals surface area contributed by atoms with Crippen LogP contribution in [0.3, 0.4) is 0 Å². The van der Waals surface area contributed by atoms with Crippen LogP contribution in [0.5, 0.6) is 5.75 Å². The number of nitrogens with one attached hydrogen (secondary N) is 2. The lowest BCUT2D eigenvalue weighted by molar-refractivity contribution is -0.138. The van der Waals surface area contributed by atoms with Crippen molar-refractivity contribution in [1.29, 1.82) is 0 Å². The summed E-state index contributed by atoms with van der Waals surface area (Å²) in [6.07, 6.45) is 3.67. The van der Waals surface area contributed by atoms with Crippen LogP contribution >= 0.6 is 0 Å². The molecule has 10 nitrogen and oxygen atoms in total. The number of nitrogens with zero attached hydrogens (tertiary/aromatic N) is 4. The molecule has 1 saturated carbocycles. The summed E-state index contributed by atoms with van der Waals surface area (Å²) in [5, 5.41) is 6.02. The first-order chi connectivity index (χ1) is 21.3. The molecular weight excluding hydrogens is 609 g/mol. The van der Waals surface area contributed by atoms with E-state index in [-0.39, 0.29) is 42.0 Å². The second kappa shape index (κ2) is 15.1. The Morgan fingerprint density at radius 1 is 1.16 bits per heavy atom. The third-order valence-electron chi connectivity index (χ3n) is 8.90. The molecule has 2 fully saturated rings. The number of hydrogen-bond acceptors (Lipinski definition) is 8. The lowest BCUT2D eigenvalue weighted by atomic mass is 9.81. The Kier molecular flexibility index (Phi) is 11.7. The van der Waals surface area contributed by atoms with Crippen molar-refractivity contribution in [3.8, 4) is 5.75 Å². The maximum absolute atomic E-state index is 13.9. The van der Waals surface area contributed by atoms with Crippen molar-refractivity contribution in [3.05, 3.63) is 41.2 Å². The number of ether oxygens (including phenoxy) is 1. The highest BCUT2D eigenvalue weighted by molar-refractivity contribution is 7.88. The highest BCUT2D eigenvalue weighted by Crippen LogP contribution is 2.36. The molecule has 0 bridgehead atoms. The third kappa shape index (κ3) is 9.29. The molecule has 2 N–H and O–H groups in total. The molecule has 1 aromatic carbocycles. The monoisotopic (exact) mass is 654 g/mol. The number of halogens is 3. The number of rotatable bonds is 12. The molecule has 0 spiro atoms. The number of carbonyl (C=O) groups excluding carboxylic acids is 1. The van der Waals surface area contributed by atoms with Crippen molar-refractivity contribution in [2.45, 2.75) is 83.0 Å². The fraction of sp³-hybridized carbons (Fsp3) is 0.645. The Bertz CT molecular complexity index is 1420. The minimum absolute atomic E-state index is 0.0235. The Balaban J connectivity index is 1.47. The number of aromatic nitrogens is 2. The quantitative estimate of drug-likeness (QED) is 0.320. The number of sulfonamides is 1. The van der Waals surface area contributed by atoms with Crippen LogP contribution in [0.15, 0.2) is 24.4 Å². The largest absolute Gasteiger partial charge is 0.495 e. The van der Waals surface area contributed by atoms with Gasteiger partial charge in [0.15, 0.2) is 0 Å². The molecule has 1 aliphatic heterocycles. The van der Waals surface area contributed by atoms with E-state index in [4.69, 9.17) is 4.74 Å². The van der Waals surface area contributed by atoms with Gasteiger partial charge in [0.05, 0.1) is 30.3 Å². The van der Waals surface area contributed by atoms with Gasteiger partial charge in [-0.1, -0.05) is 19.8 Å². The Morgan fingerprint density at radius 3 is 2.51 bits per heavy atom. The van der Waals surface area contributed by atoms with Gasteiger partial charge in [-0.3, -0.25) is 4.79 Å². The second-order valence-electron chi connectivity index (χ2n) is 12.1. The Labute approximate surface area is 264 Å². The summed E-state index contributed by atoms with van der Waals surface area (Å²) in [4.78, 5) is 23.3. The van der Waals surface area contributed by atoms with Gasteiger partial charge in [-0.2, -0.15) is 17.5 Å². The molecule has 250 valence electrons. The van der Waals surface area contributed by atoms with E-state index in [1.54, 1.807) is 18.2 Å². The van der Waals surface area contributed by atoms with Gasteiger partial charge in [-0.05, 0) is 89.2 Å². The van der Waals surface area contributed by atoms with E-state index in [2.05, 4.69) is 25.5 Å². The molecule has 45 heavy (non-hydrogen) atoms. The molecule has 1 aromatic heterocycles. The third-order valence-corrected chi connectivity index (χ3v) is 10.3. The number of hydrogen-bond donors (Lipinski definition) is 2. The van der Waals surface area contributed by atoms with Crippen molar-refractivity contribution in [2.75, 3.05) is 45.4 Å². The molecule has 1 amide bonds. The SMILES string of the molecule is CCN(C1CCCCC1CCCc1nc(Nc2ccc(C(=O)NC3CCN(C)CC3)cc2OC)ncc1C(F)(F)F)S(C)(=O)=O. The fourth-order valence-corrected chi connectivity index (χ4v) is 7.77. The zero-order valence-electron chi connectivity index (χ0n) is 26.5. The number of aryl methyl sites for hydroxylation is 1. The highest BCUT2D eigenvalue weighted by atomic mass is 32.2. The second-order valence-corrected chi connectivity index (χ2v) is 14.0. The van der Waals surface area contributed by atoms with E-state index in [0.717, 1.165) is 57.8 Å². The maximum atomic E-state index is 13.9. The van der Waals surface area contributed by atoms with Crippen molar-refractivity contribution in [1.82, 2.24) is 24.5 Å². The van der Waals surface area contributed by atoms with E-state index in [1.165, 1.54) is 17.7 Å². The summed E-state index contributed by atoms with van der Waals surface area (Å²) >= 11 is 0. The van der Waals surface area contributed by atoms with Crippen molar-refractivity contribution in [3.63, 3.8) is 0 Å². The number of amides is 1. The van der Waals surface area contributed by atoms with E-state index in [9.17, 15) is 26.4 Å². The van der Waals surface area contributed by atoms with Crippen molar-refractivity contribution in [2.24, 2.45) is 5.92 Å². The lowest BCUT2D eigenvalue weighted by Gasteiger charge is -2.38. The van der Waals surface area contributed by atoms with Crippen molar-refractivity contribution >= 4 is 27.6 Å². The van der Waals surface area contributed by atoms with Gasteiger partial charge >= 0.3 is 6.18 Å². The number of piperidine rings is 1. The molecule has 1 saturated heterocycles. The van der Waals surface area contributed by atoms with Crippen LogP contribution in [-0.2, 0) is 22.6 Å². The summed E-state index contributed by atoms with van der Waals surface area (Å²) in [6.45, 7) is 4.00. The van der Waals surface area contributed by atoms with Crippen LogP contribution in [0.4, 0.5) is 24.8 Å². The first kappa shape index (κ1) is 34.9. The molecule has 0 radical (unpaired) electrons. The number of methoxy groups -OCH3 is 1. The van der Waals surface area contributed by atoms with Crippen molar-refractivity contribution < 1.29 is 31.1 Å². The predicted octanol–water partition coefficient (Wildman–Crippen LogP) is 5.23. The predicted molar refractivity (Wildman–Crippen MR) is 167 cm³/mol. The summed E-state index contributed by atoms with van der Waals surface area (Å²) < 4.78 is 73.6. The first-order valence-corrected chi connectivity index (χ1v) is 17.5. The van der Waals surface area contributed by atoms with Crippen LogP contribution in [-0.4, -0.2) is 85.6 Å². The summed E-state index contributed by atoms with van der Waals surface area (Å²) in [6, 6.07) is 4.76. The van der Waals surface area contributed by atoms with Gasteiger partial charge < -0.3 is 20.3 Å². The van der Waals surface area contributed by atoms with Crippen LogP contribution in [0.1, 0.15) is 79.9 Å². The summed E-state index contributed by atoms with van der Waals surface area (Å²) in [5.41, 5.74) is -0.211. The molecule has 2 atom stereocenters. The van der Waals surface area contributed by atoms with Gasteiger partial charge in [0.25, 0.3) is 5.91 Å². The van der Waals surface area contributed by atoms with E-state index < -0.39 is 21.8 Å². The van der Waals surface area contributed by atoms with Gasteiger partial charge in [0.1, 0.15) is 5.75 Å². The average Bonchev–Trinajstić information content (AvgIpc) is 2.98. The highest BCUT2D eigenvalue weighted by Gasteiger charge is 2.36. The Hall–Kier alpha value is -2.97. The smallest absolute Gasteiger partial charge is 0.419 e. The van der Waals surface area contributed by atoms with Gasteiger partial charge in [0, 0.05) is 30.4 Å². The van der Waals surface area contributed by atoms with Gasteiger partial charge in [-0.15, -0.1) is 0 Å². The van der Waals surface area contributed by atoms with Crippen LogP contribution in [0.25, 0.3) is 0 Å². The first-order valence-electron chi connectivity index (χ1n) is 15.6. The van der Waals surface area contributed by atoms with E-state index in [0.29, 0.717) is 36.4 Å². The lowest BCUT2D eigenvalue weighted by Crippen LogP contribution is -2.45. The fourth-order valence-electron chi connectivity index (χ4n) is 6.53. The van der Waals surface area contributed by atoms with E-state index >= 15 is 0 Å². The molecule has 2 heterocycles. The van der Waals surface area contributed by atoms with Crippen LogP contribution in [0.2, 0.25) is 0 Å². The number of carbonyl (C=O) groups is 1. The molecular formula is C31H45F3N6O4S. The number of anilines is 2. The van der Waals surface area contributed by atoms with Crippen LogP contribution < -0.4 is 15.4 Å². The minimum atomic E-state index is -4.63.